The number of phenols is 1. The molecule has 5 atom stereocenters. The van der Waals surface area contributed by atoms with Crippen molar-refractivity contribution in [2.45, 2.75) is 65.2 Å². The van der Waals surface area contributed by atoms with E-state index in [2.05, 4.69) is 50.3 Å². The lowest BCUT2D eigenvalue weighted by atomic mass is 9.44. The molecule has 5 nitrogen and oxygen atoms in total. The van der Waals surface area contributed by atoms with Crippen LogP contribution in [0.3, 0.4) is 0 Å². The Morgan fingerprint density at radius 2 is 1.83 bits per heavy atom. The zero-order chi connectivity index (χ0) is 29.0. The van der Waals surface area contributed by atoms with Crippen LogP contribution in [0.1, 0.15) is 69.9 Å². The van der Waals surface area contributed by atoms with E-state index in [1.807, 2.05) is 18.2 Å². The minimum absolute atomic E-state index is 0.109. The van der Waals surface area contributed by atoms with Crippen LogP contribution in [0.2, 0.25) is 0 Å². The van der Waals surface area contributed by atoms with E-state index >= 15 is 0 Å². The number of phenolic OH excluding ortho intramolecular Hbond substituents is 1. The standard InChI is InChI=1S/C37H38O5/c1-3-5-14-29-28-16-15-27-26-17-18-37(33(27)32(28)35(39)41-29)30(20-22(4-2)19-23-10-7-6-8-11-23)42-36(40)34(37)31(26)24-12-9-13-25(38)21-24/h6-14,20-22,26-27,33,38H,3-5,15-19H2,1-2H3/t22-,26+,27+,33+,37+/m1/s1. The van der Waals surface area contributed by atoms with Crippen molar-refractivity contribution in [2.75, 3.05) is 0 Å². The summed E-state index contributed by atoms with van der Waals surface area (Å²) >= 11 is 0. The predicted molar refractivity (Wildman–Crippen MR) is 161 cm³/mol. The van der Waals surface area contributed by atoms with Crippen LogP contribution in [0.25, 0.3) is 5.57 Å². The highest BCUT2D eigenvalue weighted by Gasteiger charge is 2.68. The minimum atomic E-state index is -0.721. The number of ether oxygens (including phenoxy) is 2. The smallest absolute Gasteiger partial charge is 0.340 e. The predicted octanol–water partition coefficient (Wildman–Crippen LogP) is 7.83. The van der Waals surface area contributed by atoms with E-state index in [1.165, 1.54) is 5.56 Å². The highest BCUT2D eigenvalue weighted by atomic mass is 16.5. The number of esters is 2. The van der Waals surface area contributed by atoms with Crippen molar-refractivity contribution in [1.82, 2.24) is 0 Å². The number of hydrogen-bond donors (Lipinski definition) is 1. The van der Waals surface area contributed by atoms with Crippen molar-refractivity contribution in [3.8, 4) is 5.75 Å². The molecule has 0 aromatic heterocycles. The van der Waals surface area contributed by atoms with Gasteiger partial charge < -0.3 is 14.6 Å². The van der Waals surface area contributed by atoms with Crippen LogP contribution in [-0.4, -0.2) is 17.0 Å². The van der Waals surface area contributed by atoms with Gasteiger partial charge in [-0.25, -0.2) is 9.59 Å². The monoisotopic (exact) mass is 562 g/mol. The third-order valence-electron chi connectivity index (χ3n) is 10.4. The van der Waals surface area contributed by atoms with Gasteiger partial charge in [0, 0.05) is 17.1 Å². The van der Waals surface area contributed by atoms with Crippen molar-refractivity contribution >= 4 is 17.5 Å². The third kappa shape index (κ3) is 4.04. The fourth-order valence-electron chi connectivity index (χ4n) is 8.64. The SMILES string of the molecule is CCCC=C1OC(=O)C2=C1CC[C@H]1[C@@H]3CC[C@]4(C(=C[C@H](CC)Cc5ccccc5)OC(=O)C4=C3c3cccc(O)c3)[C@H]21. The average molecular weight is 563 g/mol. The zero-order valence-electron chi connectivity index (χ0n) is 24.4. The number of cyclic esters (lactones) is 2. The molecule has 8 rings (SSSR count). The second-order valence-electron chi connectivity index (χ2n) is 12.6. The third-order valence-corrected chi connectivity index (χ3v) is 10.4. The highest BCUT2D eigenvalue weighted by molar-refractivity contribution is 6.06. The summed E-state index contributed by atoms with van der Waals surface area (Å²) in [6.45, 7) is 4.30. The van der Waals surface area contributed by atoms with Crippen LogP contribution < -0.4 is 0 Å². The van der Waals surface area contributed by atoms with Gasteiger partial charge in [-0.3, -0.25) is 0 Å². The molecule has 6 aliphatic rings. The van der Waals surface area contributed by atoms with E-state index < -0.39 is 5.41 Å². The van der Waals surface area contributed by atoms with Gasteiger partial charge in [0.1, 0.15) is 17.3 Å². The molecule has 1 saturated carbocycles. The Labute approximate surface area is 247 Å². The van der Waals surface area contributed by atoms with Gasteiger partial charge in [0.2, 0.25) is 0 Å². The number of carbonyl (C=O) groups excluding carboxylic acids is 2. The number of hydrogen-bond acceptors (Lipinski definition) is 5. The molecule has 2 aromatic carbocycles. The average Bonchev–Trinajstić information content (AvgIpc) is 3.49. The van der Waals surface area contributed by atoms with Crippen molar-refractivity contribution in [3.05, 3.63) is 106 Å². The molecule has 1 saturated heterocycles. The Balaban J connectivity index is 1.44. The molecule has 2 fully saturated rings. The summed E-state index contributed by atoms with van der Waals surface area (Å²) < 4.78 is 12.3. The molecule has 0 unspecified atom stereocenters. The number of allylic oxidation sites excluding steroid dienone is 5. The van der Waals surface area contributed by atoms with E-state index in [4.69, 9.17) is 9.47 Å². The maximum absolute atomic E-state index is 14.0. The Bertz CT molecular complexity index is 1570. The van der Waals surface area contributed by atoms with Gasteiger partial charge in [0.15, 0.2) is 0 Å². The van der Waals surface area contributed by atoms with Crippen LogP contribution in [0.5, 0.6) is 5.75 Å². The molecule has 5 heteroatoms. The number of aromatic hydroxyl groups is 1. The Morgan fingerprint density at radius 3 is 2.60 bits per heavy atom. The molecule has 2 aromatic rings. The van der Waals surface area contributed by atoms with Gasteiger partial charge in [-0.15, -0.1) is 0 Å². The van der Waals surface area contributed by atoms with Gasteiger partial charge in [-0.1, -0.05) is 62.7 Å². The number of benzene rings is 2. The second kappa shape index (κ2) is 10.4. The molecule has 0 amide bonds. The molecule has 0 radical (unpaired) electrons. The molecule has 1 spiro atoms. The van der Waals surface area contributed by atoms with E-state index in [0.29, 0.717) is 11.3 Å². The maximum atomic E-state index is 14.0. The lowest BCUT2D eigenvalue weighted by Gasteiger charge is -2.56. The summed E-state index contributed by atoms with van der Waals surface area (Å²) in [6.07, 6.45) is 11.3. The number of rotatable bonds is 7. The minimum Gasteiger partial charge on any atom is -0.508 e. The molecular weight excluding hydrogens is 524 g/mol. The molecule has 4 aliphatic carbocycles. The number of unbranched alkanes of at least 4 members (excludes halogenated alkanes) is 1. The summed E-state index contributed by atoms with van der Waals surface area (Å²) in [5.41, 5.74) is 4.90. The van der Waals surface area contributed by atoms with Crippen LogP contribution in [0, 0.1) is 29.1 Å². The molecule has 2 heterocycles. The Hall–Kier alpha value is -3.86. The summed E-state index contributed by atoms with van der Waals surface area (Å²) in [7, 11) is 0. The van der Waals surface area contributed by atoms with Gasteiger partial charge in [0.25, 0.3) is 0 Å². The maximum Gasteiger partial charge on any atom is 0.340 e. The topological polar surface area (TPSA) is 72.8 Å². The summed E-state index contributed by atoms with van der Waals surface area (Å²) in [5.74, 6) is 1.36. The van der Waals surface area contributed by atoms with Gasteiger partial charge in [-0.2, -0.15) is 0 Å². The van der Waals surface area contributed by atoms with Crippen LogP contribution in [0.15, 0.2) is 95.0 Å². The molecular formula is C37H38O5. The van der Waals surface area contributed by atoms with Gasteiger partial charge in [0.05, 0.1) is 11.0 Å². The molecule has 2 bridgehead atoms. The first-order valence-electron chi connectivity index (χ1n) is 15.6. The quantitative estimate of drug-likeness (QED) is 0.348. The van der Waals surface area contributed by atoms with Crippen molar-refractivity contribution in [1.29, 1.82) is 0 Å². The van der Waals surface area contributed by atoms with Crippen LogP contribution in [0.4, 0.5) is 0 Å². The van der Waals surface area contributed by atoms with Crippen molar-refractivity contribution in [2.24, 2.45) is 29.1 Å². The van der Waals surface area contributed by atoms with E-state index in [-0.39, 0.29) is 41.4 Å². The van der Waals surface area contributed by atoms with E-state index in [0.717, 1.165) is 79.4 Å². The number of carbonyl (C=O) groups is 2. The summed E-state index contributed by atoms with van der Waals surface area (Å²) in [4.78, 5) is 27.7. The first kappa shape index (κ1) is 27.0. The number of fused-ring (bicyclic) bond motifs is 1. The molecule has 2 aliphatic heterocycles. The van der Waals surface area contributed by atoms with Gasteiger partial charge in [-0.05, 0) is 104 Å². The highest BCUT2D eigenvalue weighted by Crippen LogP contribution is 2.71. The fourth-order valence-corrected chi connectivity index (χ4v) is 8.64. The molecule has 216 valence electrons. The Kier molecular flexibility index (Phi) is 6.72. The lowest BCUT2D eigenvalue weighted by Crippen LogP contribution is -2.52. The van der Waals surface area contributed by atoms with Crippen molar-refractivity contribution < 1.29 is 24.2 Å². The van der Waals surface area contributed by atoms with E-state index in [1.54, 1.807) is 12.1 Å². The lowest BCUT2D eigenvalue weighted by molar-refractivity contribution is -0.135. The Morgan fingerprint density at radius 1 is 1.00 bits per heavy atom. The fraction of sp³-hybridized carbons (Fsp3) is 0.405. The van der Waals surface area contributed by atoms with E-state index in [9.17, 15) is 14.7 Å². The first-order valence-corrected chi connectivity index (χ1v) is 15.6. The summed E-state index contributed by atoms with van der Waals surface area (Å²) in [5, 5.41) is 10.4. The first-order chi connectivity index (χ1) is 20.5. The largest absolute Gasteiger partial charge is 0.508 e. The zero-order valence-corrected chi connectivity index (χ0v) is 24.4. The summed E-state index contributed by atoms with van der Waals surface area (Å²) in [6, 6.07) is 17.7. The van der Waals surface area contributed by atoms with Crippen LogP contribution >= 0.6 is 0 Å². The van der Waals surface area contributed by atoms with Gasteiger partial charge >= 0.3 is 11.9 Å². The van der Waals surface area contributed by atoms with Crippen LogP contribution in [-0.2, 0) is 25.5 Å². The van der Waals surface area contributed by atoms with Crippen molar-refractivity contribution in [3.63, 3.8) is 0 Å². The molecule has 42 heavy (non-hydrogen) atoms. The molecule has 1 N–H and O–H groups in total. The second-order valence-corrected chi connectivity index (χ2v) is 12.6. The normalized spacial score (nSPS) is 30.4.